The van der Waals surface area contributed by atoms with Gasteiger partial charge in [0.2, 0.25) is 0 Å². The highest BCUT2D eigenvalue weighted by atomic mass is 17.2. The maximum atomic E-state index is 5.94. The first-order valence-electron chi connectivity index (χ1n) is 6.89. The minimum absolute atomic E-state index is 0.285. The fourth-order valence-corrected chi connectivity index (χ4v) is 1.99. The van der Waals surface area contributed by atoms with Gasteiger partial charge in [0.1, 0.15) is 0 Å². The lowest BCUT2D eigenvalue weighted by atomic mass is 10.1. The highest BCUT2D eigenvalue weighted by Crippen LogP contribution is 2.34. The second-order valence-electron chi connectivity index (χ2n) is 6.19. The van der Waals surface area contributed by atoms with Gasteiger partial charge in [0.25, 0.3) is 0 Å². The average molecular weight is 244 g/mol. The van der Waals surface area contributed by atoms with Crippen molar-refractivity contribution in [1.82, 2.24) is 0 Å². The van der Waals surface area contributed by atoms with Crippen molar-refractivity contribution in [2.75, 3.05) is 0 Å². The van der Waals surface area contributed by atoms with Gasteiger partial charge in [-0.3, -0.25) is 0 Å². The minimum Gasteiger partial charge on any atom is -0.344 e. The van der Waals surface area contributed by atoms with E-state index in [0.29, 0.717) is 6.10 Å². The van der Waals surface area contributed by atoms with Gasteiger partial charge in [-0.1, -0.05) is 26.2 Å². The van der Waals surface area contributed by atoms with E-state index < -0.39 is 5.79 Å². The Bertz CT molecular complexity index is 222. The fourth-order valence-electron chi connectivity index (χ4n) is 1.99. The second-order valence-corrected chi connectivity index (χ2v) is 6.19. The Morgan fingerprint density at radius 3 is 2.59 bits per heavy atom. The molecule has 3 heteroatoms. The summed E-state index contributed by atoms with van der Waals surface area (Å²) in [5.74, 6) is -0.551. The van der Waals surface area contributed by atoms with Crippen LogP contribution in [0, 0.1) is 0 Å². The Hall–Kier alpha value is -0.120. The van der Waals surface area contributed by atoms with Gasteiger partial charge >= 0.3 is 0 Å². The fraction of sp³-hybridized carbons (Fsp3) is 1.00. The van der Waals surface area contributed by atoms with Crippen LogP contribution in [0.15, 0.2) is 0 Å². The molecule has 0 aromatic heterocycles. The van der Waals surface area contributed by atoms with E-state index in [1.54, 1.807) is 0 Å². The van der Waals surface area contributed by atoms with Crippen LogP contribution in [0.3, 0.4) is 0 Å². The molecule has 0 aliphatic carbocycles. The zero-order chi connectivity index (χ0) is 12.9. The molecule has 1 saturated heterocycles. The molecule has 1 rings (SSSR count). The summed E-state index contributed by atoms with van der Waals surface area (Å²) < 4.78 is 5.94. The van der Waals surface area contributed by atoms with Gasteiger partial charge in [-0.2, -0.15) is 0 Å². The lowest BCUT2D eigenvalue weighted by Crippen LogP contribution is -2.33. The third kappa shape index (κ3) is 5.84. The summed E-state index contributed by atoms with van der Waals surface area (Å²) in [6.45, 7) is 10.1. The molecule has 0 radical (unpaired) electrons. The summed E-state index contributed by atoms with van der Waals surface area (Å²) in [6, 6.07) is 0. The Balaban J connectivity index is 2.27. The molecule has 0 spiro atoms. The van der Waals surface area contributed by atoms with Gasteiger partial charge in [0.15, 0.2) is 5.79 Å². The third-order valence-corrected chi connectivity index (χ3v) is 2.93. The zero-order valence-corrected chi connectivity index (χ0v) is 12.0. The quantitative estimate of drug-likeness (QED) is 0.398. The molecule has 0 aromatic carbocycles. The van der Waals surface area contributed by atoms with Crippen molar-refractivity contribution >= 4 is 0 Å². The first-order chi connectivity index (χ1) is 7.85. The maximum absolute atomic E-state index is 5.94. The molecule has 0 saturated carbocycles. The van der Waals surface area contributed by atoms with Crippen molar-refractivity contribution < 1.29 is 14.5 Å². The van der Waals surface area contributed by atoms with E-state index in [4.69, 9.17) is 14.5 Å². The summed E-state index contributed by atoms with van der Waals surface area (Å²) in [5.41, 5.74) is -0.285. The summed E-state index contributed by atoms with van der Waals surface area (Å²) in [7, 11) is 0. The molecule has 3 nitrogen and oxygen atoms in total. The predicted molar refractivity (Wildman–Crippen MR) is 68.6 cm³/mol. The molecule has 2 unspecified atom stereocenters. The minimum atomic E-state index is -0.551. The van der Waals surface area contributed by atoms with Crippen molar-refractivity contribution in [3.8, 4) is 0 Å². The molecule has 17 heavy (non-hydrogen) atoms. The number of unbranched alkanes of at least 4 members (excludes halogenated alkanes) is 2. The Kier molecular flexibility index (Phi) is 5.42. The van der Waals surface area contributed by atoms with Crippen LogP contribution in [-0.4, -0.2) is 17.5 Å². The molecule has 102 valence electrons. The van der Waals surface area contributed by atoms with Crippen molar-refractivity contribution in [2.45, 2.75) is 90.6 Å². The number of rotatable bonds is 6. The SMILES string of the molecule is CCCCCC1CCC(C)(OOC(C)(C)C)O1. The molecular formula is C14H28O3. The van der Waals surface area contributed by atoms with Gasteiger partial charge in [-0.15, -0.1) is 0 Å². The number of ether oxygens (including phenoxy) is 1. The summed E-state index contributed by atoms with van der Waals surface area (Å²) in [6.07, 6.45) is 7.27. The van der Waals surface area contributed by atoms with E-state index in [1.807, 2.05) is 27.7 Å². The normalized spacial score (nSPS) is 29.8. The van der Waals surface area contributed by atoms with E-state index >= 15 is 0 Å². The standard InChI is InChI=1S/C14H28O3/c1-6-7-8-9-12-10-11-14(5,15-12)17-16-13(2,3)4/h12H,6-11H2,1-5H3. The van der Waals surface area contributed by atoms with Crippen LogP contribution in [0.4, 0.5) is 0 Å². The van der Waals surface area contributed by atoms with Crippen molar-refractivity contribution in [2.24, 2.45) is 0 Å². The Labute approximate surface area is 106 Å². The highest BCUT2D eigenvalue weighted by Gasteiger charge is 2.38. The highest BCUT2D eigenvalue weighted by molar-refractivity contribution is 4.76. The smallest absolute Gasteiger partial charge is 0.199 e. The molecular weight excluding hydrogens is 216 g/mol. The van der Waals surface area contributed by atoms with Crippen LogP contribution < -0.4 is 0 Å². The van der Waals surface area contributed by atoms with Crippen LogP contribution in [-0.2, 0) is 14.5 Å². The summed E-state index contributed by atoms with van der Waals surface area (Å²) in [5, 5.41) is 0. The largest absolute Gasteiger partial charge is 0.344 e. The van der Waals surface area contributed by atoms with Crippen LogP contribution in [0.1, 0.15) is 73.1 Å². The van der Waals surface area contributed by atoms with Crippen molar-refractivity contribution in [3.05, 3.63) is 0 Å². The van der Waals surface area contributed by atoms with Gasteiger partial charge in [-0.05, 0) is 40.5 Å². The van der Waals surface area contributed by atoms with E-state index in [-0.39, 0.29) is 5.60 Å². The Morgan fingerprint density at radius 1 is 1.29 bits per heavy atom. The topological polar surface area (TPSA) is 27.7 Å². The molecule has 1 fully saturated rings. The van der Waals surface area contributed by atoms with E-state index in [2.05, 4.69) is 6.92 Å². The molecule has 0 N–H and O–H groups in total. The van der Waals surface area contributed by atoms with Crippen LogP contribution >= 0.6 is 0 Å². The number of hydrogen-bond acceptors (Lipinski definition) is 3. The van der Waals surface area contributed by atoms with Crippen LogP contribution in [0.2, 0.25) is 0 Å². The molecule has 1 aliphatic rings. The van der Waals surface area contributed by atoms with Gasteiger partial charge in [-0.25, -0.2) is 9.78 Å². The molecule has 1 aliphatic heterocycles. The second kappa shape index (κ2) is 6.17. The lowest BCUT2D eigenvalue weighted by molar-refractivity contribution is -0.450. The zero-order valence-electron chi connectivity index (χ0n) is 12.0. The first-order valence-corrected chi connectivity index (χ1v) is 6.89. The molecule has 0 aromatic rings. The Morgan fingerprint density at radius 2 is 2.00 bits per heavy atom. The molecule has 0 amide bonds. The maximum Gasteiger partial charge on any atom is 0.199 e. The monoisotopic (exact) mass is 244 g/mol. The number of hydrogen-bond donors (Lipinski definition) is 0. The third-order valence-electron chi connectivity index (χ3n) is 2.93. The van der Waals surface area contributed by atoms with E-state index in [9.17, 15) is 0 Å². The van der Waals surface area contributed by atoms with Gasteiger partial charge in [0, 0.05) is 6.42 Å². The van der Waals surface area contributed by atoms with Gasteiger partial charge < -0.3 is 4.74 Å². The van der Waals surface area contributed by atoms with Gasteiger partial charge in [0.05, 0.1) is 11.7 Å². The summed E-state index contributed by atoms with van der Waals surface area (Å²) >= 11 is 0. The average Bonchev–Trinajstić information content (AvgIpc) is 2.58. The molecule has 0 bridgehead atoms. The molecule has 2 atom stereocenters. The van der Waals surface area contributed by atoms with E-state index in [0.717, 1.165) is 19.3 Å². The summed E-state index contributed by atoms with van der Waals surface area (Å²) in [4.78, 5) is 10.8. The van der Waals surface area contributed by atoms with E-state index in [1.165, 1.54) is 19.3 Å². The predicted octanol–water partition coefficient (Wildman–Crippen LogP) is 4.21. The molecule has 1 heterocycles. The van der Waals surface area contributed by atoms with Crippen molar-refractivity contribution in [1.29, 1.82) is 0 Å². The van der Waals surface area contributed by atoms with Crippen molar-refractivity contribution in [3.63, 3.8) is 0 Å². The first kappa shape index (κ1) is 14.9. The lowest BCUT2D eigenvalue weighted by Gasteiger charge is -2.28. The van der Waals surface area contributed by atoms with Crippen LogP contribution in [0.25, 0.3) is 0 Å². The van der Waals surface area contributed by atoms with Crippen LogP contribution in [0.5, 0.6) is 0 Å².